The van der Waals surface area contributed by atoms with E-state index in [9.17, 15) is 0 Å². The van der Waals surface area contributed by atoms with Crippen LogP contribution in [0.3, 0.4) is 0 Å². The highest BCUT2D eigenvalue weighted by molar-refractivity contribution is 5.81. The van der Waals surface area contributed by atoms with Crippen molar-refractivity contribution in [3.63, 3.8) is 0 Å². The molecule has 82 valence electrons. The van der Waals surface area contributed by atoms with Crippen LogP contribution in [-0.4, -0.2) is 28.0 Å². The summed E-state index contributed by atoms with van der Waals surface area (Å²) in [5.41, 5.74) is 0.986. The normalized spacial score (nSPS) is 10.8. The van der Waals surface area contributed by atoms with Crippen molar-refractivity contribution < 1.29 is 4.74 Å². The molecule has 2 rings (SSSR count). The van der Waals surface area contributed by atoms with Crippen molar-refractivity contribution in [2.24, 2.45) is 4.99 Å². The third-order valence-electron chi connectivity index (χ3n) is 1.93. The zero-order chi connectivity index (χ0) is 11.2. The summed E-state index contributed by atoms with van der Waals surface area (Å²) in [6, 6.07) is 7.69. The molecule has 0 aliphatic rings. The summed E-state index contributed by atoms with van der Waals surface area (Å²) in [5.74, 6) is 1.35. The Morgan fingerprint density at radius 3 is 2.81 bits per heavy atom. The Hall–Kier alpha value is -2.17. The second-order valence-corrected chi connectivity index (χ2v) is 3.07. The summed E-state index contributed by atoms with van der Waals surface area (Å²) in [6.45, 7) is 2.63. The molecule has 0 bridgehead atoms. The van der Waals surface area contributed by atoms with E-state index in [1.807, 2.05) is 31.2 Å². The van der Waals surface area contributed by atoms with Crippen molar-refractivity contribution in [3.8, 4) is 5.75 Å². The number of aliphatic imine (C=N–C) groups is 1. The van der Waals surface area contributed by atoms with Crippen molar-refractivity contribution in [2.45, 2.75) is 6.92 Å². The van der Waals surface area contributed by atoms with Crippen LogP contribution in [-0.2, 0) is 0 Å². The molecule has 0 aliphatic heterocycles. The average molecular weight is 216 g/mol. The third kappa shape index (κ3) is 2.66. The van der Waals surface area contributed by atoms with Gasteiger partial charge in [0.25, 0.3) is 0 Å². The van der Waals surface area contributed by atoms with E-state index in [0.29, 0.717) is 12.6 Å². The molecule has 1 heterocycles. The molecule has 0 radical (unpaired) electrons. The number of hydrogen-bond acceptors (Lipinski definition) is 4. The van der Waals surface area contributed by atoms with Gasteiger partial charge in [0.15, 0.2) is 0 Å². The largest absolute Gasteiger partial charge is 0.494 e. The number of rotatable bonds is 4. The molecule has 0 aliphatic carbocycles. The second-order valence-electron chi connectivity index (χ2n) is 3.07. The monoisotopic (exact) mass is 216 g/mol. The highest BCUT2D eigenvalue weighted by atomic mass is 16.5. The van der Waals surface area contributed by atoms with Gasteiger partial charge < -0.3 is 4.74 Å². The van der Waals surface area contributed by atoms with E-state index in [2.05, 4.69) is 20.2 Å². The Bertz CT molecular complexity index is 447. The summed E-state index contributed by atoms with van der Waals surface area (Å²) >= 11 is 0. The van der Waals surface area contributed by atoms with Crippen LogP contribution >= 0.6 is 0 Å². The highest BCUT2D eigenvalue weighted by Gasteiger charge is 1.93. The summed E-state index contributed by atoms with van der Waals surface area (Å²) in [4.78, 5) is 8.01. The number of nitrogens with zero attached hydrogens (tertiary/aromatic N) is 3. The maximum Gasteiger partial charge on any atom is 0.245 e. The molecule has 2 aromatic rings. The van der Waals surface area contributed by atoms with Crippen molar-refractivity contribution in [2.75, 3.05) is 6.61 Å². The van der Waals surface area contributed by atoms with Crippen LogP contribution in [0.25, 0.3) is 0 Å². The van der Waals surface area contributed by atoms with Crippen LogP contribution in [0.4, 0.5) is 5.95 Å². The van der Waals surface area contributed by atoms with Crippen molar-refractivity contribution in [3.05, 3.63) is 36.2 Å². The summed E-state index contributed by atoms with van der Waals surface area (Å²) in [5, 5.41) is 6.36. The number of hydrogen-bond donors (Lipinski definition) is 1. The molecule has 0 saturated carbocycles. The highest BCUT2D eigenvalue weighted by Crippen LogP contribution is 2.11. The van der Waals surface area contributed by atoms with Gasteiger partial charge in [-0.05, 0) is 36.8 Å². The third-order valence-corrected chi connectivity index (χ3v) is 1.93. The number of aromatic nitrogens is 3. The molecule has 5 heteroatoms. The second kappa shape index (κ2) is 5.06. The zero-order valence-corrected chi connectivity index (χ0v) is 8.92. The molecule has 1 aromatic heterocycles. The van der Waals surface area contributed by atoms with Crippen LogP contribution in [0, 0.1) is 0 Å². The average Bonchev–Trinajstić information content (AvgIpc) is 2.82. The van der Waals surface area contributed by atoms with Gasteiger partial charge in [-0.25, -0.2) is 10.1 Å². The number of aromatic amines is 1. The Kier molecular flexibility index (Phi) is 3.28. The Labute approximate surface area is 93.2 Å². The van der Waals surface area contributed by atoms with E-state index in [1.54, 1.807) is 6.21 Å². The fraction of sp³-hybridized carbons (Fsp3) is 0.182. The lowest BCUT2D eigenvalue weighted by atomic mass is 10.2. The fourth-order valence-corrected chi connectivity index (χ4v) is 1.21. The van der Waals surface area contributed by atoms with E-state index in [0.717, 1.165) is 11.3 Å². The standard InChI is InChI=1S/C11H12N4O/c1-2-16-10-5-3-9(4-6-10)7-12-11-13-8-14-15-11/h3-8H,2H2,1H3,(H,13,14,15)/b12-7+. The van der Waals surface area contributed by atoms with E-state index in [1.165, 1.54) is 6.33 Å². The van der Waals surface area contributed by atoms with Crippen molar-refractivity contribution >= 4 is 12.2 Å². The first kappa shape index (κ1) is 10.4. The predicted molar refractivity (Wildman–Crippen MR) is 61.2 cm³/mol. The molecule has 5 nitrogen and oxygen atoms in total. The number of nitrogens with one attached hydrogen (secondary N) is 1. The van der Waals surface area contributed by atoms with Gasteiger partial charge in [-0.15, -0.1) is 0 Å². The molecule has 0 amide bonds. The van der Waals surface area contributed by atoms with Crippen molar-refractivity contribution in [1.29, 1.82) is 0 Å². The van der Waals surface area contributed by atoms with Crippen LogP contribution in [0.5, 0.6) is 5.75 Å². The van der Waals surface area contributed by atoms with Crippen LogP contribution in [0.1, 0.15) is 12.5 Å². The first-order valence-electron chi connectivity index (χ1n) is 5.01. The fourth-order valence-electron chi connectivity index (χ4n) is 1.21. The summed E-state index contributed by atoms with van der Waals surface area (Å²) in [6.07, 6.45) is 3.14. The molecular weight excluding hydrogens is 204 g/mol. The van der Waals surface area contributed by atoms with Crippen molar-refractivity contribution in [1.82, 2.24) is 15.2 Å². The van der Waals surface area contributed by atoms with E-state index < -0.39 is 0 Å². The van der Waals surface area contributed by atoms with Gasteiger partial charge >= 0.3 is 0 Å². The lowest BCUT2D eigenvalue weighted by molar-refractivity contribution is 0.340. The maximum atomic E-state index is 5.34. The number of ether oxygens (including phenoxy) is 1. The first-order chi connectivity index (χ1) is 7.88. The number of H-pyrrole nitrogens is 1. The molecule has 0 atom stereocenters. The molecule has 0 unspecified atom stereocenters. The minimum Gasteiger partial charge on any atom is -0.494 e. The predicted octanol–water partition coefficient (Wildman–Crippen LogP) is 1.95. The van der Waals surface area contributed by atoms with E-state index in [4.69, 9.17) is 4.74 Å². The van der Waals surface area contributed by atoms with Gasteiger partial charge in [0.2, 0.25) is 5.95 Å². The lowest BCUT2D eigenvalue weighted by Gasteiger charge is -2.01. The Balaban J connectivity index is 2.05. The topological polar surface area (TPSA) is 63.2 Å². The maximum absolute atomic E-state index is 5.34. The van der Waals surface area contributed by atoms with Crippen LogP contribution < -0.4 is 4.74 Å². The molecule has 1 N–H and O–H groups in total. The first-order valence-corrected chi connectivity index (χ1v) is 5.01. The van der Waals surface area contributed by atoms with Gasteiger partial charge in [0.1, 0.15) is 12.1 Å². The Morgan fingerprint density at radius 1 is 1.38 bits per heavy atom. The quantitative estimate of drug-likeness (QED) is 0.794. The molecule has 0 saturated heterocycles. The minimum atomic E-state index is 0.494. The van der Waals surface area contributed by atoms with E-state index >= 15 is 0 Å². The van der Waals surface area contributed by atoms with Gasteiger partial charge in [0, 0.05) is 6.21 Å². The zero-order valence-electron chi connectivity index (χ0n) is 8.92. The van der Waals surface area contributed by atoms with Gasteiger partial charge in [-0.1, -0.05) is 0 Å². The van der Waals surface area contributed by atoms with Crippen LogP contribution in [0.15, 0.2) is 35.6 Å². The van der Waals surface area contributed by atoms with Gasteiger partial charge in [-0.3, -0.25) is 0 Å². The molecular formula is C11H12N4O. The van der Waals surface area contributed by atoms with Gasteiger partial charge in [-0.2, -0.15) is 10.1 Å². The lowest BCUT2D eigenvalue weighted by Crippen LogP contribution is -1.91. The summed E-state index contributed by atoms with van der Waals surface area (Å²) < 4.78 is 5.34. The molecule has 0 fully saturated rings. The number of benzene rings is 1. The van der Waals surface area contributed by atoms with Crippen LogP contribution in [0.2, 0.25) is 0 Å². The Morgan fingerprint density at radius 2 is 2.19 bits per heavy atom. The SMILES string of the molecule is CCOc1ccc(/C=N/c2ncn[nH]2)cc1. The summed E-state index contributed by atoms with van der Waals surface area (Å²) in [7, 11) is 0. The minimum absolute atomic E-state index is 0.494. The van der Waals surface area contributed by atoms with E-state index in [-0.39, 0.29) is 0 Å². The molecule has 0 spiro atoms. The smallest absolute Gasteiger partial charge is 0.245 e. The van der Waals surface area contributed by atoms with Gasteiger partial charge in [0.05, 0.1) is 6.61 Å². The molecule has 16 heavy (non-hydrogen) atoms. The molecule has 1 aromatic carbocycles.